The lowest BCUT2D eigenvalue weighted by molar-refractivity contribution is 0.0156. The third-order valence-electron chi connectivity index (χ3n) is 3.39. The molecule has 1 aromatic rings. The van der Waals surface area contributed by atoms with Gasteiger partial charge in [0.15, 0.2) is 0 Å². The first-order valence-corrected chi connectivity index (χ1v) is 6.10. The molecule has 2 rings (SSSR count). The van der Waals surface area contributed by atoms with E-state index in [1.54, 1.807) is 7.05 Å². The predicted octanol–water partition coefficient (Wildman–Crippen LogP) is 1.60. The number of rotatable bonds is 3. The van der Waals surface area contributed by atoms with Crippen LogP contribution in [0.4, 0.5) is 4.39 Å². The van der Waals surface area contributed by atoms with Crippen LogP contribution in [0, 0.1) is 5.95 Å². The summed E-state index contributed by atoms with van der Waals surface area (Å²) in [7, 11) is 1.64. The van der Waals surface area contributed by atoms with E-state index in [2.05, 4.69) is 4.98 Å². The summed E-state index contributed by atoms with van der Waals surface area (Å²) in [4.78, 5) is 17.0. The van der Waals surface area contributed by atoms with E-state index in [0.717, 1.165) is 31.7 Å². The lowest BCUT2D eigenvalue weighted by atomic mass is 10.0. The van der Waals surface area contributed by atoms with Crippen LogP contribution < -0.4 is 0 Å². The zero-order valence-corrected chi connectivity index (χ0v) is 10.4. The standard InChI is InChI=1S/C13H17FN2O2/c1-16(9-13(18)6-2-3-7-13)12(17)10-4-5-11(14)15-8-10/h4-5,8,18H,2-3,6-7,9H2,1H3. The molecule has 1 aromatic heterocycles. The first-order chi connectivity index (χ1) is 8.50. The molecule has 98 valence electrons. The van der Waals surface area contributed by atoms with Crippen molar-refractivity contribution in [2.75, 3.05) is 13.6 Å². The Bertz CT molecular complexity index is 427. The molecular formula is C13H17FN2O2. The molecule has 1 saturated carbocycles. The van der Waals surface area contributed by atoms with Gasteiger partial charge in [0.1, 0.15) is 0 Å². The Kier molecular flexibility index (Phi) is 3.61. The fourth-order valence-corrected chi connectivity index (χ4v) is 2.43. The van der Waals surface area contributed by atoms with Crippen molar-refractivity contribution < 1.29 is 14.3 Å². The van der Waals surface area contributed by atoms with E-state index in [1.807, 2.05) is 0 Å². The average Bonchev–Trinajstić information content (AvgIpc) is 2.76. The quantitative estimate of drug-likeness (QED) is 0.831. The highest BCUT2D eigenvalue weighted by Crippen LogP contribution is 2.30. The monoisotopic (exact) mass is 252 g/mol. The molecule has 0 radical (unpaired) electrons. The Morgan fingerprint density at radius 3 is 2.72 bits per heavy atom. The molecule has 1 aliphatic rings. The second kappa shape index (κ2) is 5.02. The number of carbonyl (C=O) groups excluding carboxylic acids is 1. The maximum atomic E-state index is 12.7. The highest BCUT2D eigenvalue weighted by atomic mass is 19.1. The Morgan fingerprint density at radius 1 is 1.50 bits per heavy atom. The van der Waals surface area contributed by atoms with Crippen molar-refractivity contribution in [2.45, 2.75) is 31.3 Å². The van der Waals surface area contributed by atoms with Crippen LogP contribution in [0.25, 0.3) is 0 Å². The molecule has 0 spiro atoms. The minimum absolute atomic E-state index is 0.247. The fourth-order valence-electron chi connectivity index (χ4n) is 2.43. The van der Waals surface area contributed by atoms with Crippen LogP contribution in [-0.2, 0) is 0 Å². The second-order valence-corrected chi connectivity index (χ2v) is 4.96. The van der Waals surface area contributed by atoms with E-state index in [0.29, 0.717) is 12.1 Å². The van der Waals surface area contributed by atoms with Gasteiger partial charge in [-0.05, 0) is 25.0 Å². The SMILES string of the molecule is CN(CC1(O)CCCC1)C(=O)c1ccc(F)nc1. The lowest BCUT2D eigenvalue weighted by Gasteiger charge is -2.28. The van der Waals surface area contributed by atoms with E-state index in [4.69, 9.17) is 0 Å². The van der Waals surface area contributed by atoms with Crippen LogP contribution in [0.5, 0.6) is 0 Å². The Balaban J connectivity index is 2.02. The number of hydrogen-bond donors (Lipinski definition) is 1. The Morgan fingerprint density at radius 2 is 2.17 bits per heavy atom. The molecule has 0 aliphatic heterocycles. The maximum absolute atomic E-state index is 12.7. The van der Waals surface area contributed by atoms with E-state index in [1.165, 1.54) is 17.2 Å². The van der Waals surface area contributed by atoms with E-state index < -0.39 is 11.5 Å². The fraction of sp³-hybridized carbons (Fsp3) is 0.538. The summed E-state index contributed by atoms with van der Waals surface area (Å²) >= 11 is 0. The van der Waals surface area contributed by atoms with Gasteiger partial charge < -0.3 is 10.0 Å². The van der Waals surface area contributed by atoms with Gasteiger partial charge in [0.25, 0.3) is 5.91 Å². The summed E-state index contributed by atoms with van der Waals surface area (Å²) in [6.45, 7) is 0.309. The number of aliphatic hydroxyl groups is 1. The van der Waals surface area contributed by atoms with Crippen molar-refractivity contribution in [2.24, 2.45) is 0 Å². The molecule has 0 aromatic carbocycles. The Labute approximate surface area is 105 Å². The molecule has 1 aliphatic carbocycles. The van der Waals surface area contributed by atoms with Crippen molar-refractivity contribution in [3.05, 3.63) is 29.8 Å². The Hall–Kier alpha value is -1.49. The highest BCUT2D eigenvalue weighted by Gasteiger charge is 2.33. The van der Waals surface area contributed by atoms with Gasteiger partial charge in [-0.1, -0.05) is 12.8 Å². The van der Waals surface area contributed by atoms with E-state index >= 15 is 0 Å². The third-order valence-corrected chi connectivity index (χ3v) is 3.39. The molecule has 0 unspecified atom stereocenters. The van der Waals surface area contributed by atoms with Crippen LogP contribution in [0.2, 0.25) is 0 Å². The lowest BCUT2D eigenvalue weighted by Crippen LogP contribution is -2.42. The van der Waals surface area contributed by atoms with Crippen LogP contribution in [0.15, 0.2) is 18.3 Å². The predicted molar refractivity (Wildman–Crippen MR) is 64.6 cm³/mol. The number of pyridine rings is 1. The van der Waals surface area contributed by atoms with Crippen molar-refractivity contribution >= 4 is 5.91 Å². The summed E-state index contributed by atoms with van der Waals surface area (Å²) in [6.07, 6.45) is 4.67. The largest absolute Gasteiger partial charge is 0.388 e. The van der Waals surface area contributed by atoms with E-state index in [-0.39, 0.29) is 5.91 Å². The van der Waals surface area contributed by atoms with Crippen molar-refractivity contribution in [1.82, 2.24) is 9.88 Å². The number of aromatic nitrogens is 1. The minimum atomic E-state index is -0.766. The minimum Gasteiger partial charge on any atom is -0.388 e. The van der Waals surface area contributed by atoms with Crippen LogP contribution >= 0.6 is 0 Å². The van der Waals surface area contributed by atoms with E-state index in [9.17, 15) is 14.3 Å². The molecule has 0 bridgehead atoms. The smallest absolute Gasteiger partial charge is 0.255 e. The molecule has 0 saturated heterocycles. The maximum Gasteiger partial charge on any atom is 0.255 e. The number of amides is 1. The van der Waals surface area contributed by atoms with Crippen LogP contribution in [-0.4, -0.2) is 40.1 Å². The number of halogens is 1. The molecule has 1 N–H and O–H groups in total. The molecule has 4 nitrogen and oxygen atoms in total. The van der Waals surface area contributed by atoms with Gasteiger partial charge in [0.05, 0.1) is 11.2 Å². The zero-order chi connectivity index (χ0) is 13.2. The molecule has 1 amide bonds. The van der Waals surface area contributed by atoms with Gasteiger partial charge in [-0.25, -0.2) is 4.98 Å². The number of likely N-dealkylation sites (N-methyl/N-ethyl adjacent to an activating group) is 1. The van der Waals surface area contributed by atoms with Gasteiger partial charge in [-0.3, -0.25) is 4.79 Å². The van der Waals surface area contributed by atoms with Gasteiger partial charge in [-0.15, -0.1) is 0 Å². The van der Waals surface area contributed by atoms with Gasteiger partial charge in [0.2, 0.25) is 5.95 Å². The highest BCUT2D eigenvalue weighted by molar-refractivity contribution is 5.93. The first kappa shape index (κ1) is 13.0. The van der Waals surface area contributed by atoms with Crippen LogP contribution in [0.1, 0.15) is 36.0 Å². The summed E-state index contributed by atoms with van der Waals surface area (Å²) in [5.41, 5.74) is -0.432. The topological polar surface area (TPSA) is 53.4 Å². The van der Waals surface area contributed by atoms with Crippen molar-refractivity contribution in [1.29, 1.82) is 0 Å². The summed E-state index contributed by atoms with van der Waals surface area (Å²) in [5.74, 6) is -0.855. The molecular weight excluding hydrogens is 235 g/mol. The van der Waals surface area contributed by atoms with Crippen molar-refractivity contribution in [3.8, 4) is 0 Å². The second-order valence-electron chi connectivity index (χ2n) is 4.96. The molecule has 1 heterocycles. The average molecular weight is 252 g/mol. The summed E-state index contributed by atoms with van der Waals surface area (Å²) in [6, 6.07) is 2.56. The third kappa shape index (κ3) is 2.85. The molecule has 1 fully saturated rings. The first-order valence-electron chi connectivity index (χ1n) is 6.10. The normalized spacial score (nSPS) is 17.7. The zero-order valence-electron chi connectivity index (χ0n) is 10.4. The summed E-state index contributed by atoms with van der Waals surface area (Å²) in [5, 5.41) is 10.2. The summed E-state index contributed by atoms with van der Waals surface area (Å²) < 4.78 is 12.7. The van der Waals surface area contributed by atoms with Gasteiger partial charge in [-0.2, -0.15) is 4.39 Å². The molecule has 18 heavy (non-hydrogen) atoms. The molecule has 0 atom stereocenters. The van der Waals surface area contributed by atoms with Crippen molar-refractivity contribution in [3.63, 3.8) is 0 Å². The van der Waals surface area contributed by atoms with Gasteiger partial charge >= 0.3 is 0 Å². The number of carbonyl (C=O) groups is 1. The number of nitrogens with zero attached hydrogens (tertiary/aromatic N) is 2. The van der Waals surface area contributed by atoms with Crippen LogP contribution in [0.3, 0.4) is 0 Å². The molecule has 5 heteroatoms. The number of hydrogen-bond acceptors (Lipinski definition) is 3. The van der Waals surface area contributed by atoms with Gasteiger partial charge in [0, 0.05) is 19.8 Å².